The van der Waals surface area contributed by atoms with Crippen LogP contribution in [0.15, 0.2) is 60.7 Å². The number of hydrogen-bond donors (Lipinski definition) is 2. The predicted octanol–water partition coefficient (Wildman–Crippen LogP) is 5.25. The van der Waals surface area contributed by atoms with Crippen molar-refractivity contribution in [2.75, 3.05) is 0 Å². The van der Waals surface area contributed by atoms with Crippen LogP contribution in [-0.2, 0) is 6.18 Å². The second-order valence-corrected chi connectivity index (χ2v) is 6.41. The van der Waals surface area contributed by atoms with E-state index in [0.29, 0.717) is 22.3 Å². The molecule has 0 aliphatic heterocycles. The number of aromatic hydroxyl groups is 2. The smallest absolute Gasteiger partial charge is 0.416 e. The summed E-state index contributed by atoms with van der Waals surface area (Å²) in [5.41, 5.74) is 1.25. The van der Waals surface area contributed by atoms with Crippen molar-refractivity contribution in [3.05, 3.63) is 94.0 Å². The minimum absolute atomic E-state index is 0.0506. The van der Waals surface area contributed by atoms with E-state index in [9.17, 15) is 28.2 Å². The van der Waals surface area contributed by atoms with Gasteiger partial charge in [0.05, 0.1) is 16.7 Å². The summed E-state index contributed by atoms with van der Waals surface area (Å²) in [4.78, 5) is 12.8. The van der Waals surface area contributed by atoms with Gasteiger partial charge in [-0.15, -0.1) is 0 Å². The second-order valence-electron chi connectivity index (χ2n) is 6.41. The minimum Gasteiger partial charge on any atom is -0.507 e. The fourth-order valence-electron chi connectivity index (χ4n) is 3.37. The Bertz CT molecular complexity index is 1070. The maximum atomic E-state index is 12.8. The molecule has 0 saturated carbocycles. The number of rotatable bonds is 1. The number of carbonyl (C=O) groups excluding carboxylic acids is 1. The van der Waals surface area contributed by atoms with E-state index in [1.807, 2.05) is 0 Å². The molecule has 0 bridgehead atoms. The Labute approximate surface area is 158 Å². The van der Waals surface area contributed by atoms with E-state index >= 15 is 0 Å². The number of benzene rings is 3. The van der Waals surface area contributed by atoms with Crippen molar-refractivity contribution in [3.63, 3.8) is 0 Å². The molecule has 0 unspecified atom stereocenters. The Balaban J connectivity index is 1.94. The SMILES string of the molecule is O=C1c2c(O)cccc2C(=Cc2ccc(C(F)(F)F)cc2)c2cccc(O)c21. The molecule has 0 spiro atoms. The van der Waals surface area contributed by atoms with Crippen LogP contribution < -0.4 is 0 Å². The highest BCUT2D eigenvalue weighted by Crippen LogP contribution is 2.43. The third kappa shape index (κ3) is 2.83. The van der Waals surface area contributed by atoms with Gasteiger partial charge in [0.1, 0.15) is 11.5 Å². The molecule has 0 fully saturated rings. The standard InChI is InChI=1S/C22H13F3O3/c23-22(24,25)13-9-7-12(8-10-13)11-16-14-3-1-5-17(26)19(14)21(28)20-15(16)4-2-6-18(20)27/h1-11,26-27H. The largest absolute Gasteiger partial charge is 0.507 e. The van der Waals surface area contributed by atoms with Crippen molar-refractivity contribution in [1.29, 1.82) is 0 Å². The molecule has 0 heterocycles. The Morgan fingerprint density at radius 3 is 1.71 bits per heavy atom. The highest BCUT2D eigenvalue weighted by atomic mass is 19.4. The molecule has 0 aromatic heterocycles. The lowest BCUT2D eigenvalue weighted by Crippen LogP contribution is -2.15. The van der Waals surface area contributed by atoms with Crippen molar-refractivity contribution in [1.82, 2.24) is 0 Å². The van der Waals surface area contributed by atoms with Crippen molar-refractivity contribution in [2.45, 2.75) is 6.18 Å². The van der Waals surface area contributed by atoms with Crippen molar-refractivity contribution in [3.8, 4) is 11.5 Å². The van der Waals surface area contributed by atoms with E-state index in [0.717, 1.165) is 12.1 Å². The summed E-state index contributed by atoms with van der Waals surface area (Å²) in [6, 6.07) is 13.8. The van der Waals surface area contributed by atoms with Gasteiger partial charge in [-0.1, -0.05) is 36.4 Å². The summed E-state index contributed by atoms with van der Waals surface area (Å²) in [6.45, 7) is 0. The first-order chi connectivity index (χ1) is 13.3. The molecule has 1 aliphatic carbocycles. The first kappa shape index (κ1) is 17.9. The number of alkyl halides is 3. The Morgan fingerprint density at radius 1 is 0.750 bits per heavy atom. The molecule has 140 valence electrons. The summed E-state index contributed by atoms with van der Waals surface area (Å²) in [7, 11) is 0. The molecule has 2 N–H and O–H groups in total. The first-order valence-electron chi connectivity index (χ1n) is 8.36. The number of hydrogen-bond acceptors (Lipinski definition) is 3. The Morgan fingerprint density at radius 2 is 1.25 bits per heavy atom. The van der Waals surface area contributed by atoms with Crippen LogP contribution in [0.5, 0.6) is 11.5 Å². The predicted molar refractivity (Wildman–Crippen MR) is 98.1 cm³/mol. The number of phenols is 2. The molecule has 6 heteroatoms. The Kier molecular flexibility index (Phi) is 4.00. The molecular formula is C22H13F3O3. The zero-order valence-corrected chi connectivity index (χ0v) is 14.3. The van der Waals surface area contributed by atoms with Gasteiger partial charge in [-0.05, 0) is 52.6 Å². The van der Waals surface area contributed by atoms with Gasteiger partial charge in [-0.25, -0.2) is 0 Å². The van der Waals surface area contributed by atoms with E-state index in [4.69, 9.17) is 0 Å². The van der Waals surface area contributed by atoms with Gasteiger partial charge >= 0.3 is 6.18 Å². The van der Waals surface area contributed by atoms with E-state index < -0.39 is 17.5 Å². The van der Waals surface area contributed by atoms with Crippen LogP contribution in [0, 0.1) is 0 Å². The number of phenolic OH excluding ortho intramolecular Hbond substituents is 2. The van der Waals surface area contributed by atoms with Crippen LogP contribution in [0.4, 0.5) is 13.2 Å². The van der Waals surface area contributed by atoms with Crippen LogP contribution in [0.25, 0.3) is 11.6 Å². The number of ketones is 1. The third-order valence-corrected chi connectivity index (χ3v) is 4.67. The van der Waals surface area contributed by atoms with Gasteiger partial charge in [0.2, 0.25) is 5.78 Å². The number of carbonyl (C=O) groups is 1. The zero-order valence-electron chi connectivity index (χ0n) is 14.3. The van der Waals surface area contributed by atoms with Gasteiger partial charge in [0.25, 0.3) is 0 Å². The first-order valence-corrected chi connectivity index (χ1v) is 8.36. The summed E-state index contributed by atoms with van der Waals surface area (Å²) in [6.07, 6.45) is -2.80. The second kappa shape index (κ2) is 6.27. The fourth-order valence-corrected chi connectivity index (χ4v) is 3.37. The van der Waals surface area contributed by atoms with E-state index in [-0.39, 0.29) is 22.6 Å². The van der Waals surface area contributed by atoms with Crippen LogP contribution in [0.2, 0.25) is 0 Å². The molecular weight excluding hydrogens is 369 g/mol. The van der Waals surface area contributed by atoms with Crippen LogP contribution >= 0.6 is 0 Å². The molecule has 0 saturated heterocycles. The van der Waals surface area contributed by atoms with E-state index in [1.54, 1.807) is 30.3 Å². The fraction of sp³-hybridized carbons (Fsp3) is 0.0455. The molecule has 4 rings (SSSR count). The van der Waals surface area contributed by atoms with Crippen LogP contribution in [0.1, 0.15) is 38.2 Å². The van der Waals surface area contributed by atoms with Gasteiger partial charge in [0, 0.05) is 0 Å². The normalized spacial score (nSPS) is 13.1. The average Bonchev–Trinajstić information content (AvgIpc) is 2.64. The molecule has 28 heavy (non-hydrogen) atoms. The highest BCUT2D eigenvalue weighted by molar-refractivity contribution is 6.22. The van der Waals surface area contributed by atoms with Crippen LogP contribution in [-0.4, -0.2) is 16.0 Å². The lowest BCUT2D eigenvalue weighted by molar-refractivity contribution is -0.137. The van der Waals surface area contributed by atoms with E-state index in [2.05, 4.69) is 0 Å². The number of fused-ring (bicyclic) bond motifs is 2. The zero-order chi connectivity index (χ0) is 20.1. The van der Waals surface area contributed by atoms with Gasteiger partial charge in [-0.3, -0.25) is 4.79 Å². The minimum atomic E-state index is -4.43. The topological polar surface area (TPSA) is 57.5 Å². The number of halogens is 3. The Hall–Kier alpha value is -3.54. The molecule has 3 aromatic carbocycles. The van der Waals surface area contributed by atoms with Crippen molar-refractivity contribution in [2.24, 2.45) is 0 Å². The van der Waals surface area contributed by atoms with Crippen molar-refractivity contribution >= 4 is 17.4 Å². The van der Waals surface area contributed by atoms with Gasteiger partial charge in [0.15, 0.2) is 0 Å². The monoisotopic (exact) mass is 382 g/mol. The van der Waals surface area contributed by atoms with Gasteiger partial charge in [-0.2, -0.15) is 13.2 Å². The van der Waals surface area contributed by atoms with Gasteiger partial charge < -0.3 is 10.2 Å². The summed E-state index contributed by atoms with van der Waals surface area (Å²) < 4.78 is 38.4. The van der Waals surface area contributed by atoms with E-state index in [1.165, 1.54) is 24.3 Å². The van der Waals surface area contributed by atoms with Crippen LogP contribution in [0.3, 0.4) is 0 Å². The molecule has 1 aliphatic rings. The van der Waals surface area contributed by atoms with Crippen molar-refractivity contribution < 1.29 is 28.2 Å². The summed E-state index contributed by atoms with van der Waals surface area (Å²) in [5, 5.41) is 20.4. The molecule has 0 atom stereocenters. The molecule has 0 amide bonds. The third-order valence-electron chi connectivity index (χ3n) is 4.67. The summed E-state index contributed by atoms with van der Waals surface area (Å²) >= 11 is 0. The lowest BCUT2D eigenvalue weighted by atomic mass is 9.80. The maximum Gasteiger partial charge on any atom is 0.416 e. The highest BCUT2D eigenvalue weighted by Gasteiger charge is 2.32. The quantitative estimate of drug-likeness (QED) is 0.473. The molecule has 3 nitrogen and oxygen atoms in total. The molecule has 3 aromatic rings. The molecule has 0 radical (unpaired) electrons. The summed E-state index contributed by atoms with van der Waals surface area (Å²) in [5.74, 6) is -0.963. The average molecular weight is 382 g/mol. The lowest BCUT2D eigenvalue weighted by Gasteiger charge is -2.23. The maximum absolute atomic E-state index is 12.8.